The van der Waals surface area contributed by atoms with Gasteiger partial charge in [-0.25, -0.2) is 18.1 Å². The minimum Gasteiger partial charge on any atom is -0.384 e. The molecule has 0 aliphatic heterocycles. The van der Waals surface area contributed by atoms with E-state index in [1.54, 1.807) is 26.2 Å². The molecule has 1 amide bonds. The molecule has 0 fully saturated rings. The van der Waals surface area contributed by atoms with Crippen molar-refractivity contribution in [2.75, 3.05) is 31.4 Å². The number of ether oxygens (including phenoxy) is 1. The molecule has 3 rings (SSSR count). The van der Waals surface area contributed by atoms with E-state index in [0.29, 0.717) is 28.7 Å². The number of nitrogens with zero attached hydrogens (tertiary/aromatic N) is 3. The zero-order chi connectivity index (χ0) is 24.0. The van der Waals surface area contributed by atoms with Crippen molar-refractivity contribution in [2.45, 2.75) is 12.8 Å². The third-order valence-electron chi connectivity index (χ3n) is 4.86. The van der Waals surface area contributed by atoms with Gasteiger partial charge in [-0.2, -0.15) is 5.26 Å². The van der Waals surface area contributed by atoms with Crippen LogP contribution in [0.15, 0.2) is 54.6 Å². The fraction of sp³-hybridized carbons (Fsp3) is 0.261. The summed E-state index contributed by atoms with van der Waals surface area (Å²) < 4.78 is 30.5. The Hall–Kier alpha value is -3.26. The number of carbonyl (C=O) groups is 1. The molecular weight excluding hydrogens is 460 g/mol. The van der Waals surface area contributed by atoms with Crippen LogP contribution in [0.2, 0.25) is 0 Å². The summed E-state index contributed by atoms with van der Waals surface area (Å²) in [5.74, 6) is -0.780. The molecule has 1 atom stereocenters. The van der Waals surface area contributed by atoms with Crippen LogP contribution < -0.4 is 9.62 Å². The van der Waals surface area contributed by atoms with E-state index in [2.05, 4.69) is 11.1 Å². The predicted molar refractivity (Wildman–Crippen MR) is 128 cm³/mol. The number of aryl methyl sites for hydroxylation is 1. The van der Waals surface area contributed by atoms with Crippen LogP contribution in [0.1, 0.15) is 32.4 Å². The van der Waals surface area contributed by atoms with Gasteiger partial charge in [0.25, 0.3) is 5.91 Å². The van der Waals surface area contributed by atoms with E-state index in [1.807, 2.05) is 52.1 Å². The quantitative estimate of drug-likeness (QED) is 0.494. The van der Waals surface area contributed by atoms with Crippen molar-refractivity contribution in [2.24, 2.45) is 0 Å². The number of amides is 1. The Morgan fingerprint density at radius 2 is 1.88 bits per heavy atom. The molecule has 33 heavy (non-hydrogen) atoms. The first-order chi connectivity index (χ1) is 15.7. The first-order valence-corrected chi connectivity index (χ1v) is 12.7. The van der Waals surface area contributed by atoms with E-state index in [0.717, 1.165) is 17.5 Å². The maximum Gasteiger partial charge on any atom is 0.284 e. The van der Waals surface area contributed by atoms with E-state index < -0.39 is 15.9 Å². The summed E-state index contributed by atoms with van der Waals surface area (Å²) in [6.07, 6.45) is 0.922. The van der Waals surface area contributed by atoms with Crippen LogP contribution in [0.3, 0.4) is 0 Å². The highest BCUT2D eigenvalue weighted by molar-refractivity contribution is 7.89. The Morgan fingerprint density at radius 3 is 2.45 bits per heavy atom. The molecule has 3 aromatic rings. The summed E-state index contributed by atoms with van der Waals surface area (Å²) in [5, 5.41) is 9.69. The number of methoxy groups -OCH3 is 1. The minimum atomic E-state index is -3.72. The standard InChI is InChI=1S/C23H24N4O4S2/c1-16-21(22(28)26-33(3,29)30)25-23(32-16)27(20-11-9-17(13-24)10-12-20)14-19(15-31-2)18-7-5-4-6-8-18/h4-12,19H,14-15H2,1-3H3,(H,26,28). The zero-order valence-electron chi connectivity index (χ0n) is 18.5. The van der Waals surface area contributed by atoms with Gasteiger partial charge in [-0.15, -0.1) is 11.3 Å². The Bertz CT molecular complexity index is 1250. The summed E-state index contributed by atoms with van der Waals surface area (Å²) in [6.45, 7) is 2.67. The number of benzene rings is 2. The molecule has 10 heteroatoms. The van der Waals surface area contributed by atoms with Crippen LogP contribution in [-0.2, 0) is 14.8 Å². The van der Waals surface area contributed by atoms with Crippen molar-refractivity contribution in [3.05, 3.63) is 76.3 Å². The van der Waals surface area contributed by atoms with Crippen LogP contribution in [0.4, 0.5) is 10.8 Å². The number of nitriles is 1. The van der Waals surface area contributed by atoms with Crippen molar-refractivity contribution in [1.29, 1.82) is 5.26 Å². The number of rotatable bonds is 9. The number of aromatic nitrogens is 1. The van der Waals surface area contributed by atoms with Crippen molar-refractivity contribution in [3.63, 3.8) is 0 Å². The van der Waals surface area contributed by atoms with E-state index in [9.17, 15) is 13.2 Å². The van der Waals surface area contributed by atoms with E-state index in [-0.39, 0.29) is 11.6 Å². The van der Waals surface area contributed by atoms with E-state index >= 15 is 0 Å². The molecule has 1 N–H and O–H groups in total. The molecular formula is C23H24N4O4S2. The molecule has 1 aromatic heterocycles. The molecule has 0 aliphatic rings. The second-order valence-corrected chi connectivity index (χ2v) is 10.4. The Labute approximate surface area is 197 Å². The van der Waals surface area contributed by atoms with Gasteiger partial charge in [0.1, 0.15) is 5.69 Å². The maximum absolute atomic E-state index is 12.5. The fourth-order valence-electron chi connectivity index (χ4n) is 3.34. The fourth-order valence-corrected chi connectivity index (χ4v) is 4.71. The monoisotopic (exact) mass is 484 g/mol. The van der Waals surface area contributed by atoms with Gasteiger partial charge in [-0.3, -0.25) is 4.79 Å². The lowest BCUT2D eigenvalue weighted by Crippen LogP contribution is -2.30. The van der Waals surface area contributed by atoms with Crippen LogP contribution in [0.5, 0.6) is 0 Å². The van der Waals surface area contributed by atoms with Crippen LogP contribution in [0.25, 0.3) is 0 Å². The number of anilines is 2. The topological polar surface area (TPSA) is 112 Å². The molecule has 172 valence electrons. The van der Waals surface area contributed by atoms with Crippen LogP contribution in [-0.4, -0.2) is 45.8 Å². The number of sulfonamides is 1. The number of hydrogen-bond donors (Lipinski definition) is 1. The lowest BCUT2D eigenvalue weighted by molar-refractivity contribution is 0.0977. The first-order valence-electron chi connectivity index (χ1n) is 10.0. The van der Waals surface area contributed by atoms with Gasteiger partial charge in [0.2, 0.25) is 10.0 Å². The third-order valence-corrected chi connectivity index (χ3v) is 6.41. The Balaban J connectivity index is 2.03. The summed E-state index contributed by atoms with van der Waals surface area (Å²) in [4.78, 5) is 19.5. The average molecular weight is 485 g/mol. The van der Waals surface area contributed by atoms with Crippen molar-refractivity contribution >= 4 is 38.1 Å². The van der Waals surface area contributed by atoms with Crippen molar-refractivity contribution in [3.8, 4) is 6.07 Å². The largest absolute Gasteiger partial charge is 0.384 e. The maximum atomic E-state index is 12.5. The van der Waals surface area contributed by atoms with Gasteiger partial charge in [0.05, 0.1) is 24.5 Å². The molecule has 0 aliphatic carbocycles. The van der Waals surface area contributed by atoms with Crippen LogP contribution >= 0.6 is 11.3 Å². The van der Waals surface area contributed by atoms with Gasteiger partial charge in [0, 0.05) is 30.1 Å². The number of carbonyl (C=O) groups excluding carboxylic acids is 1. The number of hydrogen-bond acceptors (Lipinski definition) is 8. The van der Waals surface area contributed by atoms with Crippen molar-refractivity contribution < 1.29 is 17.9 Å². The second kappa shape index (κ2) is 10.6. The third kappa shape index (κ3) is 6.38. The molecule has 1 unspecified atom stereocenters. The van der Waals surface area contributed by atoms with Gasteiger partial charge in [0.15, 0.2) is 5.13 Å². The normalized spacial score (nSPS) is 12.1. The van der Waals surface area contributed by atoms with E-state index in [1.165, 1.54) is 11.3 Å². The highest BCUT2D eigenvalue weighted by Crippen LogP contribution is 2.34. The predicted octanol–water partition coefficient (Wildman–Crippen LogP) is 3.58. The van der Waals surface area contributed by atoms with Crippen molar-refractivity contribution in [1.82, 2.24) is 9.71 Å². The molecule has 0 spiro atoms. The Kier molecular flexibility index (Phi) is 7.81. The van der Waals surface area contributed by atoms with Gasteiger partial charge < -0.3 is 9.64 Å². The highest BCUT2D eigenvalue weighted by Gasteiger charge is 2.24. The molecule has 1 heterocycles. The molecule has 8 nitrogen and oxygen atoms in total. The zero-order valence-corrected chi connectivity index (χ0v) is 20.1. The molecule has 0 bridgehead atoms. The SMILES string of the molecule is COCC(CN(c1ccc(C#N)cc1)c1nc(C(=O)NS(C)(=O)=O)c(C)s1)c1ccccc1. The average Bonchev–Trinajstić information content (AvgIpc) is 3.17. The summed E-state index contributed by atoms with van der Waals surface area (Å²) in [5.41, 5.74) is 2.46. The first kappa shape index (κ1) is 24.4. The molecule has 0 saturated carbocycles. The van der Waals surface area contributed by atoms with Gasteiger partial charge in [-0.05, 0) is 36.8 Å². The second-order valence-electron chi connectivity index (χ2n) is 7.44. The summed E-state index contributed by atoms with van der Waals surface area (Å²) in [7, 11) is -2.08. The minimum absolute atomic E-state index is 0.00987. The molecule has 0 radical (unpaired) electrons. The smallest absolute Gasteiger partial charge is 0.284 e. The summed E-state index contributed by atoms with van der Waals surface area (Å²) in [6, 6.07) is 19.1. The number of thiazole rings is 1. The Morgan fingerprint density at radius 1 is 1.21 bits per heavy atom. The van der Waals surface area contributed by atoms with Gasteiger partial charge in [-0.1, -0.05) is 30.3 Å². The highest BCUT2D eigenvalue weighted by atomic mass is 32.2. The van der Waals surface area contributed by atoms with E-state index in [4.69, 9.17) is 10.00 Å². The molecule has 0 saturated heterocycles. The number of nitrogens with one attached hydrogen (secondary N) is 1. The lowest BCUT2D eigenvalue weighted by atomic mass is 9.99. The van der Waals surface area contributed by atoms with Gasteiger partial charge >= 0.3 is 0 Å². The summed E-state index contributed by atoms with van der Waals surface area (Å²) >= 11 is 1.29. The lowest BCUT2D eigenvalue weighted by Gasteiger charge is -2.27. The molecule has 2 aromatic carbocycles. The van der Waals surface area contributed by atoms with Crippen LogP contribution in [0, 0.1) is 18.3 Å².